The molecule has 9 heteroatoms. The first-order chi connectivity index (χ1) is 9.01. The van der Waals surface area contributed by atoms with Gasteiger partial charge in [0.05, 0.1) is 12.0 Å². The lowest BCUT2D eigenvalue weighted by atomic mass is 10.2. The Balaban J connectivity index is 3.15. The number of hydrogen-bond acceptors (Lipinski definition) is 7. The monoisotopic (exact) mass is 268 g/mol. The van der Waals surface area contributed by atoms with Crippen molar-refractivity contribution in [2.75, 3.05) is 12.4 Å². The summed E-state index contributed by atoms with van der Waals surface area (Å²) in [6.45, 7) is 3.42. The summed E-state index contributed by atoms with van der Waals surface area (Å²) in [7, 11) is 1.22. The zero-order chi connectivity index (χ0) is 14.4. The molecule has 0 amide bonds. The Bertz CT molecular complexity index is 505. The van der Waals surface area contributed by atoms with Gasteiger partial charge in [-0.2, -0.15) is 4.98 Å². The molecule has 0 aliphatic heterocycles. The van der Waals surface area contributed by atoms with E-state index in [1.807, 2.05) is 0 Å². The number of hydrogen-bond donors (Lipinski definition) is 2. The highest BCUT2D eigenvalue weighted by atomic mass is 16.6. The molecular weight excluding hydrogens is 256 g/mol. The summed E-state index contributed by atoms with van der Waals surface area (Å²) >= 11 is 0. The summed E-state index contributed by atoms with van der Waals surface area (Å²) in [5.74, 6) is -1.64. The van der Waals surface area contributed by atoms with Crippen LogP contribution in [0.5, 0.6) is 5.88 Å². The molecule has 1 rings (SSSR count). The molecule has 9 nitrogen and oxygen atoms in total. The summed E-state index contributed by atoms with van der Waals surface area (Å²) in [6, 6.07) is -1.07. The minimum absolute atomic E-state index is 0.0821. The maximum absolute atomic E-state index is 11.0. The molecular formula is C10H12N4O5. The van der Waals surface area contributed by atoms with Crippen LogP contribution in [0.2, 0.25) is 0 Å². The molecule has 0 saturated carbocycles. The van der Waals surface area contributed by atoms with Crippen molar-refractivity contribution in [1.29, 1.82) is 0 Å². The largest absolute Gasteiger partial charge is 0.480 e. The number of carboxylic acids is 1. The summed E-state index contributed by atoms with van der Waals surface area (Å²) in [5, 5.41) is 22.4. The van der Waals surface area contributed by atoms with Crippen LogP contribution in [0.4, 0.5) is 11.5 Å². The molecule has 1 atom stereocenters. The second kappa shape index (κ2) is 6.28. The number of ether oxygens (including phenoxy) is 1. The van der Waals surface area contributed by atoms with Crippen LogP contribution in [-0.2, 0) is 4.79 Å². The first-order valence-electron chi connectivity index (χ1n) is 5.14. The van der Waals surface area contributed by atoms with Crippen LogP contribution in [0, 0.1) is 10.1 Å². The topological polar surface area (TPSA) is 127 Å². The van der Waals surface area contributed by atoms with E-state index >= 15 is 0 Å². The number of aromatic nitrogens is 2. The maximum Gasteiger partial charge on any atom is 0.372 e. The molecule has 1 heterocycles. The van der Waals surface area contributed by atoms with Crippen LogP contribution >= 0.6 is 0 Å². The Morgan fingerprint density at radius 3 is 2.89 bits per heavy atom. The normalized spacial score (nSPS) is 11.4. The zero-order valence-electron chi connectivity index (χ0n) is 10.1. The van der Waals surface area contributed by atoms with Crippen molar-refractivity contribution in [3.63, 3.8) is 0 Å². The number of anilines is 1. The van der Waals surface area contributed by atoms with E-state index in [1.165, 1.54) is 13.2 Å². The lowest BCUT2D eigenvalue weighted by Gasteiger charge is -2.13. The third-order valence-electron chi connectivity index (χ3n) is 2.18. The summed E-state index contributed by atoms with van der Waals surface area (Å²) < 4.78 is 4.75. The summed E-state index contributed by atoms with van der Waals surface area (Å²) in [6.07, 6.45) is 2.51. The van der Waals surface area contributed by atoms with Crippen molar-refractivity contribution in [3.8, 4) is 5.88 Å². The van der Waals surface area contributed by atoms with Crippen molar-refractivity contribution >= 4 is 17.5 Å². The van der Waals surface area contributed by atoms with E-state index in [9.17, 15) is 14.9 Å². The molecule has 0 spiro atoms. The van der Waals surface area contributed by atoms with Crippen molar-refractivity contribution in [2.24, 2.45) is 0 Å². The molecule has 0 fully saturated rings. The minimum atomic E-state index is -1.17. The van der Waals surface area contributed by atoms with Crippen LogP contribution < -0.4 is 10.1 Å². The molecule has 0 radical (unpaired) electrons. The summed E-state index contributed by atoms with van der Waals surface area (Å²) in [5.41, 5.74) is -0.514. The van der Waals surface area contributed by atoms with E-state index in [1.54, 1.807) is 0 Å². The number of rotatable bonds is 7. The molecule has 102 valence electrons. The van der Waals surface area contributed by atoms with Crippen LogP contribution in [0.15, 0.2) is 19.0 Å². The number of carboxylic acid groups (broad SMARTS) is 1. The minimum Gasteiger partial charge on any atom is -0.480 e. The average molecular weight is 268 g/mol. The Morgan fingerprint density at radius 2 is 2.42 bits per heavy atom. The van der Waals surface area contributed by atoms with Gasteiger partial charge in [0.1, 0.15) is 12.4 Å². The number of nitro groups is 1. The van der Waals surface area contributed by atoms with Gasteiger partial charge in [-0.1, -0.05) is 6.08 Å². The van der Waals surface area contributed by atoms with Gasteiger partial charge in [-0.3, -0.25) is 10.1 Å². The van der Waals surface area contributed by atoms with Crippen molar-refractivity contribution in [3.05, 3.63) is 29.1 Å². The van der Waals surface area contributed by atoms with E-state index in [0.29, 0.717) is 0 Å². The van der Waals surface area contributed by atoms with Gasteiger partial charge in [0, 0.05) is 0 Å². The van der Waals surface area contributed by atoms with Crippen molar-refractivity contribution in [2.45, 2.75) is 12.5 Å². The molecule has 0 aliphatic carbocycles. The Morgan fingerprint density at radius 1 is 1.74 bits per heavy atom. The van der Waals surface area contributed by atoms with Crippen LogP contribution in [0.3, 0.4) is 0 Å². The number of nitrogens with one attached hydrogen (secondary N) is 1. The molecule has 0 aromatic carbocycles. The summed E-state index contributed by atoms with van der Waals surface area (Å²) in [4.78, 5) is 28.4. The fourth-order valence-electron chi connectivity index (χ4n) is 1.34. The predicted molar refractivity (Wildman–Crippen MR) is 65.1 cm³/mol. The van der Waals surface area contributed by atoms with Crippen molar-refractivity contribution < 1.29 is 19.6 Å². The number of nitrogens with zero attached hydrogens (tertiary/aromatic N) is 3. The zero-order valence-corrected chi connectivity index (χ0v) is 10.1. The van der Waals surface area contributed by atoms with E-state index in [0.717, 1.165) is 6.33 Å². The Labute approximate surface area is 108 Å². The van der Waals surface area contributed by atoms with E-state index in [4.69, 9.17) is 9.84 Å². The van der Waals surface area contributed by atoms with Gasteiger partial charge in [-0.05, 0) is 6.42 Å². The molecule has 2 N–H and O–H groups in total. The van der Waals surface area contributed by atoms with Crippen LogP contribution in [0.1, 0.15) is 6.42 Å². The van der Waals surface area contributed by atoms with Gasteiger partial charge in [-0.15, -0.1) is 6.58 Å². The van der Waals surface area contributed by atoms with Gasteiger partial charge in [0.25, 0.3) is 5.88 Å². The highest BCUT2D eigenvalue weighted by Crippen LogP contribution is 2.30. The Kier molecular flexibility index (Phi) is 4.75. The van der Waals surface area contributed by atoms with Gasteiger partial charge in [0.15, 0.2) is 0 Å². The molecule has 0 saturated heterocycles. The molecule has 1 unspecified atom stereocenters. The van der Waals surface area contributed by atoms with E-state index < -0.39 is 22.6 Å². The number of methoxy groups -OCH3 is 1. The molecule has 1 aromatic rings. The van der Waals surface area contributed by atoms with Gasteiger partial charge >= 0.3 is 11.7 Å². The SMILES string of the molecule is C=CCC(Nc1ncnc(OC)c1[N+](=O)[O-])C(=O)O. The molecule has 0 aliphatic rings. The second-order valence-corrected chi connectivity index (χ2v) is 3.40. The first kappa shape index (κ1) is 14.4. The molecule has 1 aromatic heterocycles. The molecule has 0 bridgehead atoms. The maximum atomic E-state index is 11.0. The van der Waals surface area contributed by atoms with Crippen LogP contribution in [0.25, 0.3) is 0 Å². The van der Waals surface area contributed by atoms with Gasteiger partial charge < -0.3 is 15.2 Å². The third-order valence-corrected chi connectivity index (χ3v) is 2.18. The van der Waals surface area contributed by atoms with Gasteiger partial charge in [0.2, 0.25) is 5.82 Å². The Hall–Kier alpha value is -2.71. The van der Waals surface area contributed by atoms with E-state index in [2.05, 4.69) is 21.9 Å². The smallest absolute Gasteiger partial charge is 0.372 e. The van der Waals surface area contributed by atoms with Crippen molar-refractivity contribution in [1.82, 2.24) is 9.97 Å². The lowest BCUT2D eigenvalue weighted by molar-refractivity contribution is -0.385. The third kappa shape index (κ3) is 3.37. The fourth-order valence-corrected chi connectivity index (χ4v) is 1.34. The fraction of sp³-hybridized carbons (Fsp3) is 0.300. The van der Waals surface area contributed by atoms with Crippen LogP contribution in [-0.4, -0.2) is 39.1 Å². The van der Waals surface area contributed by atoms with Gasteiger partial charge in [-0.25, -0.2) is 9.78 Å². The standard InChI is InChI=1S/C10H12N4O5/c1-3-4-6(10(15)16)13-8-7(14(17)18)9(19-2)12-5-11-8/h3,5-6H,1,4H2,2H3,(H,15,16)(H,11,12,13). The molecule has 19 heavy (non-hydrogen) atoms. The predicted octanol–water partition coefficient (Wildman–Crippen LogP) is 0.835. The first-order valence-corrected chi connectivity index (χ1v) is 5.14. The number of carbonyl (C=O) groups is 1. The average Bonchev–Trinajstić information content (AvgIpc) is 2.37. The lowest BCUT2D eigenvalue weighted by Crippen LogP contribution is -2.29. The number of aliphatic carboxylic acids is 1. The highest BCUT2D eigenvalue weighted by molar-refractivity contribution is 5.78. The quantitative estimate of drug-likeness (QED) is 0.423. The highest BCUT2D eigenvalue weighted by Gasteiger charge is 2.27. The second-order valence-electron chi connectivity index (χ2n) is 3.40. The van der Waals surface area contributed by atoms with E-state index in [-0.39, 0.29) is 18.1 Å².